The first-order chi connectivity index (χ1) is 9.73. The third kappa shape index (κ3) is 3.31. The van der Waals surface area contributed by atoms with Crippen LogP contribution in [0.25, 0.3) is 0 Å². The number of carbonyl (C=O) groups excluding carboxylic acids is 1. The van der Waals surface area contributed by atoms with Gasteiger partial charge in [0.25, 0.3) is 0 Å². The summed E-state index contributed by atoms with van der Waals surface area (Å²) in [5.41, 5.74) is -0.708. The number of methoxy groups -OCH3 is 1. The molecular weight excluding hydrogens is 254 g/mol. The van der Waals surface area contributed by atoms with E-state index in [0.717, 1.165) is 31.6 Å². The zero-order chi connectivity index (χ0) is 14.4. The summed E-state index contributed by atoms with van der Waals surface area (Å²) in [4.78, 5) is 12.3. The molecule has 1 N–H and O–H groups in total. The molecule has 1 fully saturated rings. The van der Waals surface area contributed by atoms with Gasteiger partial charge in [0.05, 0.1) is 7.11 Å². The predicted octanol–water partition coefficient (Wildman–Crippen LogP) is 2.39. The van der Waals surface area contributed by atoms with Crippen LogP contribution in [0.2, 0.25) is 0 Å². The summed E-state index contributed by atoms with van der Waals surface area (Å²) in [7, 11) is 1.44. The van der Waals surface area contributed by atoms with Crippen molar-refractivity contribution in [3.8, 4) is 5.75 Å². The van der Waals surface area contributed by atoms with E-state index in [1.165, 1.54) is 7.11 Å². The molecule has 0 bridgehead atoms. The van der Waals surface area contributed by atoms with Gasteiger partial charge in [-0.3, -0.25) is 5.32 Å². The fourth-order valence-electron chi connectivity index (χ4n) is 2.43. The number of carbonyl (C=O) groups is 1. The van der Waals surface area contributed by atoms with Gasteiger partial charge in [-0.05, 0) is 43.9 Å². The zero-order valence-electron chi connectivity index (χ0n) is 12.2. The molecule has 0 amide bonds. The van der Waals surface area contributed by atoms with Crippen molar-refractivity contribution >= 4 is 5.97 Å². The van der Waals surface area contributed by atoms with Gasteiger partial charge in [0.15, 0.2) is 5.54 Å². The molecule has 20 heavy (non-hydrogen) atoms. The molecule has 0 aliphatic heterocycles. The summed E-state index contributed by atoms with van der Waals surface area (Å²) in [5.74, 6) is 0.870. The normalized spacial score (nSPS) is 17.3. The highest BCUT2D eigenvalue weighted by atomic mass is 16.5. The van der Waals surface area contributed by atoms with Crippen molar-refractivity contribution in [3.63, 3.8) is 0 Å². The lowest BCUT2D eigenvalue weighted by Gasteiger charge is -2.32. The van der Waals surface area contributed by atoms with Crippen molar-refractivity contribution in [2.75, 3.05) is 20.3 Å². The molecule has 0 heterocycles. The maximum absolute atomic E-state index is 12.3. The average Bonchev–Trinajstić information content (AvgIpc) is 3.33. The van der Waals surface area contributed by atoms with Gasteiger partial charge in [0.2, 0.25) is 0 Å². The standard InChI is InChI=1S/C16H23NO3/c1-3-11-17-16(13-9-10-13,15(18)19-2)12-20-14-7-5-4-6-8-14/h4-8,13,17H,3,9-12H2,1-2H3. The summed E-state index contributed by atoms with van der Waals surface area (Å²) < 4.78 is 10.9. The Morgan fingerprint density at radius 2 is 2.05 bits per heavy atom. The van der Waals surface area contributed by atoms with E-state index in [1.807, 2.05) is 30.3 Å². The van der Waals surface area contributed by atoms with E-state index in [0.29, 0.717) is 12.5 Å². The van der Waals surface area contributed by atoms with Crippen molar-refractivity contribution in [1.29, 1.82) is 0 Å². The number of nitrogens with one attached hydrogen (secondary N) is 1. The highest BCUT2D eigenvalue weighted by Gasteiger charge is 2.52. The Bertz CT molecular complexity index is 431. The maximum atomic E-state index is 12.3. The summed E-state index contributed by atoms with van der Waals surface area (Å²) in [6, 6.07) is 9.58. The van der Waals surface area contributed by atoms with E-state index in [2.05, 4.69) is 12.2 Å². The Kier molecular flexibility index (Phi) is 5.01. The van der Waals surface area contributed by atoms with Crippen molar-refractivity contribution in [1.82, 2.24) is 5.32 Å². The molecule has 1 unspecified atom stereocenters. The SMILES string of the molecule is CCCNC(COc1ccccc1)(C(=O)OC)C1CC1. The van der Waals surface area contributed by atoms with Gasteiger partial charge < -0.3 is 9.47 Å². The average molecular weight is 277 g/mol. The van der Waals surface area contributed by atoms with Gasteiger partial charge in [-0.25, -0.2) is 4.79 Å². The van der Waals surface area contributed by atoms with Gasteiger partial charge in [-0.2, -0.15) is 0 Å². The molecule has 1 aliphatic carbocycles. The number of ether oxygens (including phenoxy) is 2. The Morgan fingerprint density at radius 1 is 1.35 bits per heavy atom. The van der Waals surface area contributed by atoms with Crippen molar-refractivity contribution in [2.45, 2.75) is 31.7 Å². The fourth-order valence-corrected chi connectivity index (χ4v) is 2.43. The smallest absolute Gasteiger partial charge is 0.329 e. The largest absolute Gasteiger partial charge is 0.491 e. The molecule has 0 radical (unpaired) electrons. The number of hydrogen-bond donors (Lipinski definition) is 1. The minimum absolute atomic E-state index is 0.218. The molecule has 4 nitrogen and oxygen atoms in total. The Labute approximate surface area is 120 Å². The highest BCUT2D eigenvalue weighted by Crippen LogP contribution is 2.41. The number of hydrogen-bond acceptors (Lipinski definition) is 4. The van der Waals surface area contributed by atoms with Gasteiger partial charge in [-0.15, -0.1) is 0 Å². The second-order valence-electron chi connectivity index (χ2n) is 5.27. The van der Waals surface area contributed by atoms with Crippen LogP contribution in [0, 0.1) is 5.92 Å². The van der Waals surface area contributed by atoms with Gasteiger partial charge in [-0.1, -0.05) is 25.1 Å². The maximum Gasteiger partial charge on any atom is 0.329 e. The van der Waals surface area contributed by atoms with Crippen molar-refractivity contribution in [3.05, 3.63) is 30.3 Å². The van der Waals surface area contributed by atoms with Crippen molar-refractivity contribution < 1.29 is 14.3 Å². The molecule has 1 atom stereocenters. The molecular formula is C16H23NO3. The third-order valence-electron chi connectivity index (χ3n) is 3.72. The van der Waals surface area contributed by atoms with E-state index in [9.17, 15) is 4.79 Å². The van der Waals surface area contributed by atoms with Crippen LogP contribution in [0.15, 0.2) is 30.3 Å². The minimum Gasteiger partial charge on any atom is -0.491 e. The van der Waals surface area contributed by atoms with E-state index >= 15 is 0 Å². The van der Waals surface area contributed by atoms with E-state index in [-0.39, 0.29) is 5.97 Å². The molecule has 1 saturated carbocycles. The third-order valence-corrected chi connectivity index (χ3v) is 3.72. The number of rotatable bonds is 8. The van der Waals surface area contributed by atoms with Crippen LogP contribution in [0.1, 0.15) is 26.2 Å². The number of esters is 1. The summed E-state index contributed by atoms with van der Waals surface area (Å²) in [6.07, 6.45) is 3.06. The molecule has 2 rings (SSSR count). The molecule has 0 saturated heterocycles. The van der Waals surface area contributed by atoms with E-state index in [4.69, 9.17) is 9.47 Å². The predicted molar refractivity (Wildman–Crippen MR) is 77.7 cm³/mol. The minimum atomic E-state index is -0.708. The number of para-hydroxylation sites is 1. The lowest BCUT2D eigenvalue weighted by atomic mass is 9.94. The van der Waals surface area contributed by atoms with Crippen LogP contribution >= 0.6 is 0 Å². The Balaban J connectivity index is 2.10. The molecule has 110 valence electrons. The molecule has 1 aromatic rings. The van der Waals surface area contributed by atoms with Crippen molar-refractivity contribution in [2.24, 2.45) is 5.92 Å². The highest BCUT2D eigenvalue weighted by molar-refractivity contribution is 5.82. The van der Waals surface area contributed by atoms with Crippen LogP contribution in [0.5, 0.6) is 5.75 Å². The van der Waals surface area contributed by atoms with E-state index in [1.54, 1.807) is 0 Å². The molecule has 0 spiro atoms. The molecule has 4 heteroatoms. The van der Waals surface area contributed by atoms with Crippen LogP contribution in [0.3, 0.4) is 0 Å². The second-order valence-corrected chi connectivity index (χ2v) is 5.27. The summed E-state index contributed by atoms with van der Waals surface area (Å²) in [5, 5.41) is 3.37. The molecule has 1 aromatic carbocycles. The van der Waals surface area contributed by atoms with Crippen LogP contribution < -0.4 is 10.1 Å². The summed E-state index contributed by atoms with van der Waals surface area (Å²) >= 11 is 0. The molecule has 1 aliphatic rings. The first kappa shape index (κ1) is 14.9. The van der Waals surface area contributed by atoms with Gasteiger partial charge in [0.1, 0.15) is 12.4 Å². The monoisotopic (exact) mass is 277 g/mol. The number of benzene rings is 1. The Hall–Kier alpha value is -1.55. The van der Waals surface area contributed by atoms with Gasteiger partial charge in [0, 0.05) is 0 Å². The fraction of sp³-hybridized carbons (Fsp3) is 0.562. The van der Waals surface area contributed by atoms with Crippen LogP contribution in [0.4, 0.5) is 0 Å². The lowest BCUT2D eigenvalue weighted by molar-refractivity contribution is -0.151. The zero-order valence-corrected chi connectivity index (χ0v) is 12.2. The quantitative estimate of drug-likeness (QED) is 0.741. The van der Waals surface area contributed by atoms with Crippen LogP contribution in [-0.4, -0.2) is 31.8 Å². The van der Waals surface area contributed by atoms with E-state index < -0.39 is 5.54 Å². The molecule has 0 aromatic heterocycles. The lowest BCUT2D eigenvalue weighted by Crippen LogP contribution is -2.59. The Morgan fingerprint density at radius 3 is 2.60 bits per heavy atom. The first-order valence-corrected chi connectivity index (χ1v) is 7.24. The van der Waals surface area contributed by atoms with Crippen LogP contribution in [-0.2, 0) is 9.53 Å². The van der Waals surface area contributed by atoms with Gasteiger partial charge >= 0.3 is 5.97 Å². The summed E-state index contributed by atoms with van der Waals surface area (Å²) in [6.45, 7) is 3.18. The second kappa shape index (κ2) is 6.75. The first-order valence-electron chi connectivity index (χ1n) is 7.24. The topological polar surface area (TPSA) is 47.6 Å².